The zero-order chi connectivity index (χ0) is 18.4. The van der Waals surface area contributed by atoms with E-state index in [1.165, 1.54) is 0 Å². The van der Waals surface area contributed by atoms with E-state index in [0.717, 1.165) is 42.0 Å². The molecule has 1 fully saturated rings. The quantitative estimate of drug-likeness (QED) is 0.657. The Morgan fingerprint density at radius 1 is 1.23 bits per heavy atom. The number of carbonyl (C=O) groups excluding carboxylic acids is 1. The number of thioether (sulfide) groups is 1. The number of carbonyl (C=O) groups is 1. The van der Waals surface area contributed by atoms with Crippen molar-refractivity contribution < 1.29 is 9.53 Å². The van der Waals surface area contributed by atoms with Crippen molar-refractivity contribution in [1.29, 1.82) is 0 Å². The first-order valence-corrected chi connectivity index (χ1v) is 10.1. The van der Waals surface area contributed by atoms with E-state index < -0.39 is 0 Å². The van der Waals surface area contributed by atoms with Crippen LogP contribution in [0.3, 0.4) is 0 Å². The highest BCUT2D eigenvalue weighted by Gasteiger charge is 2.31. The van der Waals surface area contributed by atoms with E-state index in [1.54, 1.807) is 11.8 Å². The van der Waals surface area contributed by atoms with Gasteiger partial charge in [0.15, 0.2) is 0 Å². The fourth-order valence-corrected chi connectivity index (χ4v) is 4.16. The van der Waals surface area contributed by atoms with Crippen molar-refractivity contribution >= 4 is 17.9 Å². The molecular formula is C21H26N2O2S. The minimum absolute atomic E-state index is 0.0435. The van der Waals surface area contributed by atoms with Gasteiger partial charge in [-0.1, -0.05) is 50.2 Å². The van der Waals surface area contributed by atoms with Crippen molar-refractivity contribution in [2.75, 3.05) is 6.54 Å². The fourth-order valence-electron chi connectivity index (χ4n) is 3.25. The Bertz CT molecular complexity index is 721. The van der Waals surface area contributed by atoms with Gasteiger partial charge >= 0.3 is 6.09 Å². The molecule has 0 bridgehead atoms. The Balaban J connectivity index is 1.74. The van der Waals surface area contributed by atoms with Crippen molar-refractivity contribution in [3.8, 4) is 0 Å². The van der Waals surface area contributed by atoms with E-state index in [4.69, 9.17) is 4.74 Å². The summed E-state index contributed by atoms with van der Waals surface area (Å²) in [6.07, 6.45) is 4.69. The number of benzene rings is 1. The molecule has 1 aromatic carbocycles. The van der Waals surface area contributed by atoms with E-state index in [9.17, 15) is 4.79 Å². The van der Waals surface area contributed by atoms with Crippen LogP contribution >= 0.6 is 11.8 Å². The Hall–Kier alpha value is -2.01. The summed E-state index contributed by atoms with van der Waals surface area (Å²) < 4.78 is 5.60. The van der Waals surface area contributed by atoms with Crippen molar-refractivity contribution in [3.05, 3.63) is 59.8 Å². The van der Waals surface area contributed by atoms with Gasteiger partial charge in [0.1, 0.15) is 11.6 Å². The standard InChI is InChI=1S/C21H26N2O2S/c1-16(2)26-20-18(11-8-13-22-20)19-12-6-7-14-23(19)21(24)25-15-17-9-4-3-5-10-17/h3-5,8-11,13,16,19H,6-7,12,14-15H2,1-2H3. The van der Waals surface area contributed by atoms with Crippen molar-refractivity contribution in [2.45, 2.75) is 56.0 Å². The maximum Gasteiger partial charge on any atom is 0.410 e. The lowest BCUT2D eigenvalue weighted by Gasteiger charge is -2.35. The number of nitrogens with zero attached hydrogens (tertiary/aromatic N) is 2. The molecule has 1 amide bonds. The maximum atomic E-state index is 12.8. The number of hydrogen-bond acceptors (Lipinski definition) is 4. The number of hydrogen-bond donors (Lipinski definition) is 0. The average Bonchev–Trinajstić information content (AvgIpc) is 2.67. The third kappa shape index (κ3) is 4.79. The van der Waals surface area contributed by atoms with E-state index in [-0.39, 0.29) is 12.1 Å². The van der Waals surface area contributed by atoms with Crippen molar-refractivity contribution in [2.24, 2.45) is 0 Å². The second-order valence-electron chi connectivity index (χ2n) is 6.81. The highest BCUT2D eigenvalue weighted by Crippen LogP contribution is 2.37. The number of aromatic nitrogens is 1. The number of likely N-dealkylation sites (tertiary alicyclic amines) is 1. The first kappa shape index (κ1) is 18.8. The summed E-state index contributed by atoms with van der Waals surface area (Å²) >= 11 is 1.75. The summed E-state index contributed by atoms with van der Waals surface area (Å²) in [4.78, 5) is 19.2. The predicted octanol–water partition coefficient (Wildman–Crippen LogP) is 5.45. The summed E-state index contributed by atoms with van der Waals surface area (Å²) in [7, 11) is 0. The van der Waals surface area contributed by atoms with Gasteiger partial charge in [0, 0.05) is 23.6 Å². The Morgan fingerprint density at radius 3 is 2.81 bits per heavy atom. The Morgan fingerprint density at radius 2 is 2.04 bits per heavy atom. The van der Waals surface area contributed by atoms with Gasteiger partial charge < -0.3 is 9.64 Å². The number of rotatable bonds is 5. The highest BCUT2D eigenvalue weighted by molar-refractivity contribution is 7.99. The van der Waals surface area contributed by atoms with Gasteiger partial charge in [-0.3, -0.25) is 0 Å². The van der Waals surface area contributed by atoms with Gasteiger partial charge in [0.05, 0.1) is 6.04 Å². The second-order valence-corrected chi connectivity index (χ2v) is 8.37. The summed E-state index contributed by atoms with van der Waals surface area (Å²) in [6, 6.07) is 13.9. The third-order valence-corrected chi connectivity index (χ3v) is 5.49. The molecule has 3 rings (SSSR count). The zero-order valence-electron chi connectivity index (χ0n) is 15.4. The second kappa shape index (κ2) is 9.08. The third-order valence-electron chi connectivity index (χ3n) is 4.45. The van der Waals surface area contributed by atoms with Crippen LogP contribution in [0.2, 0.25) is 0 Å². The largest absolute Gasteiger partial charge is 0.445 e. The van der Waals surface area contributed by atoms with Gasteiger partial charge in [-0.25, -0.2) is 9.78 Å². The minimum Gasteiger partial charge on any atom is -0.445 e. The summed E-state index contributed by atoms with van der Waals surface area (Å²) in [5.74, 6) is 0. The van der Waals surface area contributed by atoms with Crippen LogP contribution in [-0.4, -0.2) is 27.8 Å². The Kier molecular flexibility index (Phi) is 6.56. The monoisotopic (exact) mass is 370 g/mol. The molecule has 2 heterocycles. The SMILES string of the molecule is CC(C)Sc1ncccc1C1CCCCN1C(=O)OCc1ccccc1. The molecule has 1 atom stereocenters. The molecule has 4 nitrogen and oxygen atoms in total. The molecule has 1 unspecified atom stereocenters. The molecule has 0 radical (unpaired) electrons. The van der Waals surface area contributed by atoms with Crippen LogP contribution in [0.15, 0.2) is 53.7 Å². The van der Waals surface area contributed by atoms with Crippen LogP contribution in [0.1, 0.15) is 50.3 Å². The highest BCUT2D eigenvalue weighted by atomic mass is 32.2. The number of pyridine rings is 1. The molecule has 0 saturated carbocycles. The van der Waals surface area contributed by atoms with Crippen molar-refractivity contribution in [1.82, 2.24) is 9.88 Å². The summed E-state index contributed by atoms with van der Waals surface area (Å²) in [6.45, 7) is 5.37. The molecule has 1 aliphatic heterocycles. The average molecular weight is 371 g/mol. The molecule has 5 heteroatoms. The lowest BCUT2D eigenvalue weighted by Crippen LogP contribution is -2.39. The van der Waals surface area contributed by atoms with E-state index >= 15 is 0 Å². The lowest BCUT2D eigenvalue weighted by atomic mass is 9.97. The summed E-state index contributed by atoms with van der Waals surface area (Å²) in [5.41, 5.74) is 2.15. The molecule has 1 aromatic heterocycles. The minimum atomic E-state index is -0.233. The number of ether oxygens (including phenoxy) is 1. The van der Waals surface area contributed by atoms with Crippen LogP contribution in [0.4, 0.5) is 4.79 Å². The van der Waals surface area contributed by atoms with Crippen LogP contribution in [0, 0.1) is 0 Å². The predicted molar refractivity (Wildman–Crippen MR) is 105 cm³/mol. The molecule has 0 aliphatic carbocycles. The smallest absolute Gasteiger partial charge is 0.410 e. The fraction of sp³-hybridized carbons (Fsp3) is 0.429. The van der Waals surface area contributed by atoms with E-state index in [2.05, 4.69) is 24.9 Å². The molecule has 2 aromatic rings. The van der Waals surface area contributed by atoms with Gasteiger partial charge in [0.2, 0.25) is 0 Å². The first-order chi connectivity index (χ1) is 12.6. The molecule has 0 N–H and O–H groups in total. The van der Waals surface area contributed by atoms with Gasteiger partial charge in [-0.05, 0) is 30.9 Å². The van der Waals surface area contributed by atoms with Crippen molar-refractivity contribution in [3.63, 3.8) is 0 Å². The van der Waals surface area contributed by atoms with Gasteiger partial charge in [-0.15, -0.1) is 11.8 Å². The van der Waals surface area contributed by atoms with Gasteiger partial charge in [0.25, 0.3) is 0 Å². The van der Waals surface area contributed by atoms with Crippen LogP contribution in [0.5, 0.6) is 0 Å². The van der Waals surface area contributed by atoms with Crippen LogP contribution < -0.4 is 0 Å². The number of amides is 1. The number of piperidine rings is 1. The topological polar surface area (TPSA) is 42.4 Å². The molecular weight excluding hydrogens is 344 g/mol. The van der Waals surface area contributed by atoms with E-state index in [1.807, 2.05) is 47.5 Å². The zero-order valence-corrected chi connectivity index (χ0v) is 16.2. The molecule has 1 saturated heterocycles. The molecule has 0 spiro atoms. The molecule has 1 aliphatic rings. The normalized spacial score (nSPS) is 17.3. The van der Waals surface area contributed by atoms with Crippen LogP contribution in [0.25, 0.3) is 0 Å². The van der Waals surface area contributed by atoms with E-state index in [0.29, 0.717) is 11.9 Å². The van der Waals surface area contributed by atoms with Crippen LogP contribution in [-0.2, 0) is 11.3 Å². The Labute approximate surface area is 160 Å². The first-order valence-electron chi connectivity index (χ1n) is 9.24. The van der Waals surface area contributed by atoms with Gasteiger partial charge in [-0.2, -0.15) is 0 Å². The lowest BCUT2D eigenvalue weighted by molar-refractivity contribution is 0.0672. The molecule has 26 heavy (non-hydrogen) atoms. The summed E-state index contributed by atoms with van der Waals surface area (Å²) in [5, 5.41) is 1.47. The maximum absolute atomic E-state index is 12.8. The molecule has 138 valence electrons.